The van der Waals surface area contributed by atoms with E-state index in [1.54, 1.807) is 0 Å². The second-order valence-electron chi connectivity index (χ2n) is 0.274. The third-order valence-electron chi connectivity index (χ3n) is 0. The first-order chi connectivity index (χ1) is 4.24. The van der Waals surface area contributed by atoms with E-state index in [1.807, 2.05) is 0 Å². The Balaban J connectivity index is -0.0000000257. The first kappa shape index (κ1) is 22.8. The molecule has 0 aliphatic heterocycles. The van der Waals surface area contributed by atoms with Gasteiger partial charge in [0.1, 0.15) is 0 Å². The predicted octanol–water partition coefficient (Wildman–Crippen LogP) is -3.52. The average Bonchev–Trinajstić information content (AvgIpc) is 1.70. The maximum Gasteiger partial charge on any atom is 3.00 e. The van der Waals surface area contributed by atoms with Crippen molar-refractivity contribution in [3.8, 4) is 18.8 Å². The molecule has 0 unspecified atom stereocenters. The zero-order valence-corrected chi connectivity index (χ0v) is 7.71. The molecule has 0 aliphatic carbocycles. The van der Waals surface area contributed by atoms with Crippen LogP contribution in [0.25, 0.3) is 0 Å². The Morgan fingerprint density at radius 3 is 0.700 bits per heavy atom. The Morgan fingerprint density at radius 2 is 0.700 bits per heavy atom. The first-order valence-electron chi connectivity index (χ1n) is 1.28. The van der Waals surface area contributed by atoms with Crippen molar-refractivity contribution in [2.45, 2.75) is 0 Å². The van der Waals surface area contributed by atoms with Gasteiger partial charge in [0.25, 0.3) is 0 Å². The average molecular weight is 266 g/mol. The van der Waals surface area contributed by atoms with Crippen LogP contribution in [-0.4, -0.2) is 0 Å². The van der Waals surface area contributed by atoms with Gasteiger partial charge in [0, 0.05) is 18.8 Å². The van der Waals surface area contributed by atoms with E-state index >= 15 is 0 Å². The van der Waals surface area contributed by atoms with E-state index in [9.17, 15) is 0 Å². The quantitative estimate of drug-likeness (QED) is 0.416. The van der Waals surface area contributed by atoms with E-state index in [0.717, 1.165) is 0 Å². The SMILES string of the molecule is N#C[O-].N#C[O-].N#C[O-].[Ce+3]. The maximum atomic E-state index is 8.24. The summed E-state index contributed by atoms with van der Waals surface area (Å²) in [5, 5.41) is 45.0. The van der Waals surface area contributed by atoms with Crippen LogP contribution < -0.4 is 15.3 Å². The topological polar surface area (TPSA) is 141 Å². The Hall–Kier alpha value is -0.753. The fourth-order valence-corrected chi connectivity index (χ4v) is 0. The minimum Gasteiger partial charge on any atom is -0.812 e. The zero-order valence-electron chi connectivity index (χ0n) is 4.57. The molecule has 0 bridgehead atoms. The smallest absolute Gasteiger partial charge is 0.812 e. The summed E-state index contributed by atoms with van der Waals surface area (Å²) in [5.41, 5.74) is 0. The molecule has 0 saturated heterocycles. The van der Waals surface area contributed by atoms with Crippen LogP contribution in [0.3, 0.4) is 0 Å². The number of hydrogen-bond donors (Lipinski definition) is 0. The summed E-state index contributed by atoms with van der Waals surface area (Å²) in [7, 11) is 0. The fraction of sp³-hybridized carbons (Fsp3) is 0. The van der Waals surface area contributed by atoms with Crippen molar-refractivity contribution in [1.29, 1.82) is 15.8 Å². The second-order valence-corrected chi connectivity index (χ2v) is 0.274. The van der Waals surface area contributed by atoms with Gasteiger partial charge in [-0.25, -0.2) is 15.8 Å². The third kappa shape index (κ3) is 498. The summed E-state index contributed by atoms with van der Waals surface area (Å²) in [5.74, 6) is 0. The van der Waals surface area contributed by atoms with E-state index in [1.165, 1.54) is 0 Å². The van der Waals surface area contributed by atoms with Crippen LogP contribution in [0.1, 0.15) is 0 Å². The summed E-state index contributed by atoms with van der Waals surface area (Å²) in [6.07, 6.45) is 1.50. The molecule has 49 valence electrons. The molecule has 0 amide bonds. The molecule has 0 N–H and O–H groups in total. The Bertz CT molecular complexity index is 112. The molecule has 0 aromatic rings. The number of rotatable bonds is 0. The van der Waals surface area contributed by atoms with Gasteiger partial charge in [-0.15, -0.1) is 0 Å². The fourth-order valence-electron chi connectivity index (χ4n) is 0. The summed E-state index contributed by atoms with van der Waals surface area (Å²) < 4.78 is 0. The van der Waals surface area contributed by atoms with Gasteiger partial charge >= 0.3 is 41.7 Å². The first-order valence-corrected chi connectivity index (χ1v) is 1.28. The van der Waals surface area contributed by atoms with Gasteiger partial charge in [-0.3, -0.25) is 0 Å². The van der Waals surface area contributed by atoms with Gasteiger partial charge in [-0.1, -0.05) is 0 Å². The molecule has 0 rings (SSSR count). The number of hydrogen-bond acceptors (Lipinski definition) is 6. The molecule has 0 spiro atoms. The van der Waals surface area contributed by atoms with Crippen molar-refractivity contribution in [3.05, 3.63) is 0 Å². The van der Waals surface area contributed by atoms with Gasteiger partial charge in [0.05, 0.1) is 0 Å². The monoisotopic (exact) mass is 266 g/mol. The molecule has 6 nitrogen and oxygen atoms in total. The largest absolute Gasteiger partial charge is 3.00 e. The minimum absolute atomic E-state index is 0. The van der Waals surface area contributed by atoms with Crippen LogP contribution in [0.15, 0.2) is 0 Å². The predicted molar refractivity (Wildman–Crippen MR) is 16.8 cm³/mol. The van der Waals surface area contributed by atoms with Crippen molar-refractivity contribution in [3.63, 3.8) is 0 Å². The Kier molecular flexibility index (Phi) is 196. The Labute approximate surface area is 90.9 Å². The van der Waals surface area contributed by atoms with Crippen LogP contribution in [0, 0.1) is 76.3 Å². The molecule has 10 heavy (non-hydrogen) atoms. The molecule has 7 heteroatoms. The van der Waals surface area contributed by atoms with E-state index in [2.05, 4.69) is 0 Å². The minimum atomic E-state index is 0. The maximum absolute atomic E-state index is 8.24. The van der Waals surface area contributed by atoms with Gasteiger partial charge in [-0.2, -0.15) is 0 Å². The number of nitriles is 3. The summed E-state index contributed by atoms with van der Waals surface area (Å²) in [4.78, 5) is 0. The van der Waals surface area contributed by atoms with Crippen molar-refractivity contribution in [2.24, 2.45) is 0 Å². The van der Waals surface area contributed by atoms with Crippen molar-refractivity contribution in [1.82, 2.24) is 0 Å². The van der Waals surface area contributed by atoms with Gasteiger partial charge in [-0.05, 0) is 0 Å². The molecule has 0 aliphatic rings. The van der Waals surface area contributed by atoms with Gasteiger partial charge in [0.15, 0.2) is 0 Å². The normalized spacial score (nSPS) is 2.10. The van der Waals surface area contributed by atoms with Gasteiger partial charge < -0.3 is 15.3 Å². The summed E-state index contributed by atoms with van der Waals surface area (Å²) in [6.45, 7) is 0. The molecular weight excluding hydrogens is 266 g/mol. The molecule has 0 heterocycles. The van der Waals surface area contributed by atoms with Crippen LogP contribution in [0.2, 0.25) is 0 Å². The molecule has 0 saturated carbocycles. The zero-order chi connectivity index (χ0) is 8.12. The standard InChI is InChI=1S/3CHNO.Ce/c3*2-1-3;/h3*3H;/q;;;+3/p-3. The van der Waals surface area contributed by atoms with Gasteiger partial charge in [0.2, 0.25) is 0 Å². The molecular formula is C3CeN3O3. The van der Waals surface area contributed by atoms with Crippen LogP contribution in [0.5, 0.6) is 0 Å². The molecule has 0 atom stereocenters. The van der Waals surface area contributed by atoms with E-state index in [4.69, 9.17) is 31.1 Å². The van der Waals surface area contributed by atoms with Crippen molar-refractivity contribution < 1.29 is 57.1 Å². The van der Waals surface area contributed by atoms with Crippen LogP contribution in [0.4, 0.5) is 0 Å². The Morgan fingerprint density at radius 1 is 0.700 bits per heavy atom. The second kappa shape index (κ2) is 85.8. The van der Waals surface area contributed by atoms with Crippen molar-refractivity contribution in [2.75, 3.05) is 0 Å². The molecule has 1 radical (unpaired) electrons. The summed E-state index contributed by atoms with van der Waals surface area (Å²) >= 11 is 0. The third-order valence-corrected chi connectivity index (χ3v) is 0. The van der Waals surface area contributed by atoms with E-state index in [0.29, 0.717) is 18.8 Å². The summed E-state index contributed by atoms with van der Waals surface area (Å²) in [6, 6.07) is 0. The number of nitrogens with zero attached hydrogens (tertiary/aromatic N) is 3. The van der Waals surface area contributed by atoms with E-state index < -0.39 is 0 Å². The van der Waals surface area contributed by atoms with E-state index in [-0.39, 0.29) is 41.7 Å². The molecule has 0 aromatic carbocycles. The molecule has 0 aromatic heterocycles. The molecule has 0 fully saturated rings. The van der Waals surface area contributed by atoms with Crippen LogP contribution >= 0.6 is 0 Å². The van der Waals surface area contributed by atoms with Crippen LogP contribution in [-0.2, 0) is 0 Å². The van der Waals surface area contributed by atoms with Crippen molar-refractivity contribution >= 4 is 0 Å².